The van der Waals surface area contributed by atoms with Crippen LogP contribution in [-0.2, 0) is 27.5 Å². The van der Waals surface area contributed by atoms with Crippen molar-refractivity contribution in [3.8, 4) is 12.3 Å². The summed E-state index contributed by atoms with van der Waals surface area (Å²) in [6.07, 6.45) is 0.518. The Morgan fingerprint density at radius 1 is 1.14 bits per heavy atom. The molecule has 0 heterocycles. The largest absolute Gasteiger partial charge is 0.416 e. The highest BCUT2D eigenvalue weighted by atomic mass is 32.2. The predicted octanol–water partition coefficient (Wildman–Crippen LogP) is 2.78. The molecule has 2 rings (SSSR count). The zero-order chi connectivity index (χ0) is 21.7. The maximum atomic E-state index is 13.0. The monoisotopic (exact) mass is 428 g/mol. The average Bonchev–Trinajstić information content (AvgIpc) is 2.67. The number of benzene rings is 2. The summed E-state index contributed by atoms with van der Waals surface area (Å²) in [4.78, 5) is 12.9. The molecule has 0 saturated heterocycles. The van der Waals surface area contributed by atoms with Gasteiger partial charge in [-0.1, -0.05) is 24.1 Å². The molecule has 0 aromatic heterocycles. The van der Waals surface area contributed by atoms with Crippen molar-refractivity contribution in [1.82, 2.24) is 9.62 Å². The number of nitrogens with zero attached hydrogens (tertiary/aromatic N) is 1. The van der Waals surface area contributed by atoms with E-state index in [-0.39, 0.29) is 13.1 Å². The second-order valence-corrected chi connectivity index (χ2v) is 7.70. The van der Waals surface area contributed by atoms with Crippen molar-refractivity contribution >= 4 is 15.9 Å². The maximum absolute atomic E-state index is 13.0. The Morgan fingerprint density at radius 2 is 1.79 bits per heavy atom. The highest BCUT2D eigenvalue weighted by Gasteiger charge is 2.31. The molecule has 154 valence electrons. The quantitative estimate of drug-likeness (QED) is 0.545. The molecule has 5 nitrogen and oxygen atoms in total. The molecule has 0 saturated carbocycles. The minimum absolute atomic E-state index is 0.00853. The molecule has 1 N–H and O–H groups in total. The molecule has 0 aliphatic carbocycles. The summed E-state index contributed by atoms with van der Waals surface area (Å²) >= 11 is 0. The molecule has 0 unspecified atom stereocenters. The first kappa shape index (κ1) is 22.4. The molecule has 0 aliphatic rings. The summed E-state index contributed by atoms with van der Waals surface area (Å²) in [5, 5.41) is 0. The molecule has 1 amide bonds. The van der Waals surface area contributed by atoms with E-state index < -0.39 is 44.9 Å². The van der Waals surface area contributed by atoms with Gasteiger partial charge in [-0.3, -0.25) is 4.79 Å². The van der Waals surface area contributed by atoms with Crippen molar-refractivity contribution in [2.75, 3.05) is 13.1 Å². The van der Waals surface area contributed by atoms with Gasteiger partial charge in [-0.25, -0.2) is 17.5 Å². The van der Waals surface area contributed by atoms with Gasteiger partial charge in [-0.05, 0) is 35.9 Å². The number of carbonyl (C=O) groups is 1. The van der Waals surface area contributed by atoms with Crippen molar-refractivity contribution in [2.45, 2.75) is 17.6 Å². The van der Waals surface area contributed by atoms with Crippen LogP contribution in [0.3, 0.4) is 0 Å². The van der Waals surface area contributed by atoms with Gasteiger partial charge in [-0.15, -0.1) is 6.42 Å². The average molecular weight is 428 g/mol. The van der Waals surface area contributed by atoms with Crippen LogP contribution in [0.5, 0.6) is 0 Å². The Labute approximate surface area is 165 Å². The lowest BCUT2D eigenvalue weighted by Gasteiger charge is -2.20. The molecule has 0 bridgehead atoms. The van der Waals surface area contributed by atoms with Crippen LogP contribution >= 0.6 is 0 Å². The van der Waals surface area contributed by atoms with Crippen LogP contribution in [0.1, 0.15) is 11.1 Å². The van der Waals surface area contributed by atoms with Crippen molar-refractivity contribution in [1.29, 1.82) is 0 Å². The van der Waals surface area contributed by atoms with Gasteiger partial charge in [0.25, 0.3) is 0 Å². The fourth-order valence-electron chi connectivity index (χ4n) is 2.34. The lowest BCUT2D eigenvalue weighted by Crippen LogP contribution is -2.40. The second-order valence-electron chi connectivity index (χ2n) is 5.93. The zero-order valence-electron chi connectivity index (χ0n) is 14.9. The van der Waals surface area contributed by atoms with Gasteiger partial charge in [0.15, 0.2) is 0 Å². The van der Waals surface area contributed by atoms with Crippen LogP contribution < -0.4 is 4.72 Å². The second kappa shape index (κ2) is 9.07. The first-order chi connectivity index (χ1) is 13.5. The molecular formula is C19H16F4N2O3S. The number of carbonyl (C=O) groups excluding carboxylic acids is 1. The van der Waals surface area contributed by atoms with Crippen LogP contribution in [0.15, 0.2) is 53.4 Å². The first-order valence-electron chi connectivity index (χ1n) is 8.15. The SMILES string of the molecule is C#CCN(Cc1ccc(F)cc1)C(=O)CNS(=O)(=O)c1cccc(C(F)(F)F)c1. The van der Waals surface area contributed by atoms with Gasteiger partial charge in [0.1, 0.15) is 5.82 Å². The number of hydrogen-bond donors (Lipinski definition) is 1. The van der Waals surface area contributed by atoms with Crippen LogP contribution in [0, 0.1) is 18.2 Å². The van der Waals surface area contributed by atoms with Gasteiger partial charge in [0.2, 0.25) is 15.9 Å². The van der Waals surface area contributed by atoms with E-state index in [1.165, 1.54) is 24.3 Å². The third-order valence-corrected chi connectivity index (χ3v) is 5.21. The highest BCUT2D eigenvalue weighted by molar-refractivity contribution is 7.89. The number of hydrogen-bond acceptors (Lipinski definition) is 3. The Bertz CT molecular complexity index is 1010. The number of terminal acetylenes is 1. The topological polar surface area (TPSA) is 66.5 Å². The Hall–Kier alpha value is -2.90. The standard InChI is InChI=1S/C19H16F4N2O3S/c1-2-10-25(13-14-6-8-16(20)9-7-14)18(26)12-24-29(27,28)17-5-3-4-15(11-17)19(21,22)23/h1,3-9,11,24H,10,12-13H2. The van der Waals surface area contributed by atoms with E-state index in [0.717, 1.165) is 23.1 Å². The number of rotatable bonds is 7. The van der Waals surface area contributed by atoms with Crippen LogP contribution in [0.25, 0.3) is 0 Å². The molecule has 2 aromatic carbocycles. The lowest BCUT2D eigenvalue weighted by atomic mass is 10.2. The van der Waals surface area contributed by atoms with Crippen LogP contribution in [0.2, 0.25) is 0 Å². The number of alkyl halides is 3. The Kier molecular flexibility index (Phi) is 7.00. The van der Waals surface area contributed by atoms with Gasteiger partial charge in [0, 0.05) is 6.54 Å². The fraction of sp³-hybridized carbons (Fsp3) is 0.211. The highest BCUT2D eigenvalue weighted by Crippen LogP contribution is 2.30. The molecule has 0 radical (unpaired) electrons. The summed E-state index contributed by atoms with van der Waals surface area (Å²) in [5.41, 5.74) is -0.562. The number of halogens is 4. The third kappa shape index (κ3) is 6.30. The minimum Gasteiger partial charge on any atom is -0.326 e. The van der Waals surface area contributed by atoms with Crippen molar-refractivity contribution in [3.05, 3.63) is 65.5 Å². The van der Waals surface area contributed by atoms with E-state index in [4.69, 9.17) is 6.42 Å². The van der Waals surface area contributed by atoms with Crippen molar-refractivity contribution in [2.24, 2.45) is 0 Å². The lowest BCUT2D eigenvalue weighted by molar-refractivity contribution is -0.137. The fourth-order valence-corrected chi connectivity index (χ4v) is 3.36. The van der Waals surface area contributed by atoms with Crippen LogP contribution in [0.4, 0.5) is 17.6 Å². The summed E-state index contributed by atoms with van der Waals surface area (Å²) < 4.78 is 77.8. The molecular weight excluding hydrogens is 412 g/mol. The zero-order valence-corrected chi connectivity index (χ0v) is 15.7. The van der Waals surface area contributed by atoms with E-state index in [1.54, 1.807) is 0 Å². The minimum atomic E-state index is -4.71. The molecule has 0 fully saturated rings. The molecule has 0 aliphatic heterocycles. The number of sulfonamides is 1. The van der Waals surface area contributed by atoms with Gasteiger partial charge >= 0.3 is 6.18 Å². The van der Waals surface area contributed by atoms with E-state index in [0.29, 0.717) is 11.6 Å². The molecule has 10 heteroatoms. The van der Waals surface area contributed by atoms with E-state index in [9.17, 15) is 30.8 Å². The molecule has 0 atom stereocenters. The summed E-state index contributed by atoms with van der Waals surface area (Å²) in [6.45, 7) is -0.836. The first-order valence-corrected chi connectivity index (χ1v) is 9.64. The Balaban J connectivity index is 2.10. The molecule has 2 aromatic rings. The van der Waals surface area contributed by atoms with Gasteiger partial charge in [-0.2, -0.15) is 13.2 Å². The van der Waals surface area contributed by atoms with E-state index >= 15 is 0 Å². The predicted molar refractivity (Wildman–Crippen MR) is 97.3 cm³/mol. The number of nitrogens with one attached hydrogen (secondary N) is 1. The van der Waals surface area contributed by atoms with Crippen molar-refractivity contribution < 1.29 is 30.8 Å². The van der Waals surface area contributed by atoms with Gasteiger partial charge in [0.05, 0.1) is 23.5 Å². The smallest absolute Gasteiger partial charge is 0.326 e. The normalized spacial score (nSPS) is 11.7. The van der Waals surface area contributed by atoms with Crippen LogP contribution in [-0.4, -0.2) is 32.3 Å². The van der Waals surface area contributed by atoms with E-state index in [2.05, 4.69) is 5.92 Å². The Morgan fingerprint density at radius 3 is 2.38 bits per heavy atom. The van der Waals surface area contributed by atoms with Gasteiger partial charge < -0.3 is 4.90 Å². The molecule has 0 spiro atoms. The van der Waals surface area contributed by atoms with Crippen molar-refractivity contribution in [3.63, 3.8) is 0 Å². The summed E-state index contributed by atoms with van der Waals surface area (Å²) in [5.74, 6) is 1.11. The number of amides is 1. The third-order valence-electron chi connectivity index (χ3n) is 3.81. The summed E-state index contributed by atoms with van der Waals surface area (Å²) in [6, 6.07) is 8.44. The maximum Gasteiger partial charge on any atom is 0.416 e. The summed E-state index contributed by atoms with van der Waals surface area (Å²) in [7, 11) is -4.36. The van der Waals surface area contributed by atoms with E-state index in [1.807, 2.05) is 4.72 Å². The molecule has 29 heavy (non-hydrogen) atoms.